The molecule has 0 radical (unpaired) electrons. The van der Waals surface area contributed by atoms with Crippen LogP contribution < -0.4 is 5.32 Å². The van der Waals surface area contributed by atoms with E-state index in [1.165, 1.54) is 63.5 Å². The zero-order valence-electron chi connectivity index (χ0n) is 13.2. The van der Waals surface area contributed by atoms with Crippen molar-refractivity contribution in [3.8, 4) is 5.75 Å². The highest BCUT2D eigenvalue weighted by molar-refractivity contribution is 5.94. The molecule has 1 aromatic carbocycles. The Morgan fingerprint density at radius 1 is 0.905 bits per heavy atom. The van der Waals surface area contributed by atoms with E-state index in [1.807, 2.05) is 0 Å². The molecule has 0 heterocycles. The molecule has 0 aromatic heterocycles. The summed E-state index contributed by atoms with van der Waals surface area (Å²) in [6.45, 7) is 2.97. The molecule has 0 saturated carbocycles. The molecule has 3 heteroatoms. The number of carbonyl (C=O) groups is 1. The molecule has 0 fully saturated rings. The Balaban J connectivity index is 1.96. The number of hydrogen-bond acceptors (Lipinski definition) is 2. The van der Waals surface area contributed by atoms with Crippen molar-refractivity contribution in [2.75, 3.05) is 6.54 Å². The van der Waals surface area contributed by atoms with Crippen LogP contribution in [0.2, 0.25) is 0 Å². The van der Waals surface area contributed by atoms with Gasteiger partial charge in [-0.15, -0.1) is 0 Å². The Hall–Kier alpha value is -1.51. The van der Waals surface area contributed by atoms with Gasteiger partial charge in [0.15, 0.2) is 0 Å². The van der Waals surface area contributed by atoms with Crippen molar-refractivity contribution in [3.05, 3.63) is 29.8 Å². The maximum absolute atomic E-state index is 11.8. The first-order chi connectivity index (χ1) is 10.2. The van der Waals surface area contributed by atoms with Crippen LogP contribution in [0.5, 0.6) is 5.75 Å². The predicted molar refractivity (Wildman–Crippen MR) is 87.7 cm³/mol. The minimum Gasteiger partial charge on any atom is -0.508 e. The molecule has 21 heavy (non-hydrogen) atoms. The van der Waals surface area contributed by atoms with Gasteiger partial charge in [-0.3, -0.25) is 4.79 Å². The monoisotopic (exact) mass is 291 g/mol. The molecule has 0 aliphatic rings. The second-order valence-corrected chi connectivity index (χ2v) is 5.63. The number of aromatic hydroxyl groups is 1. The molecule has 0 atom stereocenters. The van der Waals surface area contributed by atoms with Crippen LogP contribution in [-0.4, -0.2) is 17.6 Å². The zero-order valence-corrected chi connectivity index (χ0v) is 13.2. The van der Waals surface area contributed by atoms with E-state index < -0.39 is 0 Å². The molecule has 1 rings (SSSR count). The summed E-state index contributed by atoms with van der Waals surface area (Å²) in [5.41, 5.74) is 0.601. The molecule has 2 N–H and O–H groups in total. The van der Waals surface area contributed by atoms with Crippen molar-refractivity contribution in [2.24, 2.45) is 0 Å². The predicted octanol–water partition coefficient (Wildman–Crippen LogP) is 4.65. The third kappa shape index (κ3) is 8.38. The van der Waals surface area contributed by atoms with Crippen LogP contribution in [-0.2, 0) is 0 Å². The van der Waals surface area contributed by atoms with Gasteiger partial charge in [0.2, 0.25) is 0 Å². The fraction of sp³-hybridized carbons (Fsp3) is 0.611. The van der Waals surface area contributed by atoms with Gasteiger partial charge in [-0.1, -0.05) is 58.3 Å². The molecule has 1 amide bonds. The van der Waals surface area contributed by atoms with Crippen LogP contribution in [0.15, 0.2) is 24.3 Å². The lowest BCUT2D eigenvalue weighted by Gasteiger charge is -2.05. The summed E-state index contributed by atoms with van der Waals surface area (Å²) < 4.78 is 0. The molecular weight excluding hydrogens is 262 g/mol. The highest BCUT2D eigenvalue weighted by Gasteiger charge is 2.03. The van der Waals surface area contributed by atoms with E-state index in [2.05, 4.69) is 12.2 Å². The van der Waals surface area contributed by atoms with E-state index in [-0.39, 0.29) is 11.7 Å². The average molecular weight is 291 g/mol. The van der Waals surface area contributed by atoms with Crippen molar-refractivity contribution in [2.45, 2.75) is 64.7 Å². The second-order valence-electron chi connectivity index (χ2n) is 5.63. The Labute approximate surface area is 128 Å². The van der Waals surface area contributed by atoms with Gasteiger partial charge in [0.1, 0.15) is 5.75 Å². The number of nitrogens with one attached hydrogen (secondary N) is 1. The van der Waals surface area contributed by atoms with Gasteiger partial charge in [-0.05, 0) is 30.7 Å². The lowest BCUT2D eigenvalue weighted by atomic mass is 10.1. The van der Waals surface area contributed by atoms with Crippen molar-refractivity contribution in [1.29, 1.82) is 0 Å². The first-order valence-corrected chi connectivity index (χ1v) is 8.31. The van der Waals surface area contributed by atoms with E-state index in [0.717, 1.165) is 13.0 Å². The van der Waals surface area contributed by atoms with Crippen molar-refractivity contribution in [1.82, 2.24) is 5.32 Å². The fourth-order valence-electron chi connectivity index (χ4n) is 2.35. The SMILES string of the molecule is CCCCCCCCCCCNC(=O)c1ccc(O)cc1. The summed E-state index contributed by atoms with van der Waals surface area (Å²) in [7, 11) is 0. The summed E-state index contributed by atoms with van der Waals surface area (Å²) in [6, 6.07) is 6.35. The van der Waals surface area contributed by atoms with Gasteiger partial charge < -0.3 is 10.4 Å². The first-order valence-electron chi connectivity index (χ1n) is 8.31. The highest BCUT2D eigenvalue weighted by Crippen LogP contribution is 2.10. The van der Waals surface area contributed by atoms with Gasteiger partial charge in [-0.25, -0.2) is 0 Å². The quantitative estimate of drug-likeness (QED) is 0.583. The molecule has 0 saturated heterocycles. The normalized spacial score (nSPS) is 10.5. The fourth-order valence-corrected chi connectivity index (χ4v) is 2.35. The summed E-state index contributed by atoms with van der Waals surface area (Å²) in [5, 5.41) is 12.1. The van der Waals surface area contributed by atoms with Crippen molar-refractivity contribution in [3.63, 3.8) is 0 Å². The standard InChI is InChI=1S/C18H29NO2/c1-2-3-4-5-6-7-8-9-10-15-19-18(21)16-11-13-17(20)14-12-16/h11-14,20H,2-10,15H2,1H3,(H,19,21). The minimum absolute atomic E-state index is 0.0606. The van der Waals surface area contributed by atoms with Crippen LogP contribution >= 0.6 is 0 Å². The summed E-state index contributed by atoms with van der Waals surface area (Å²) in [4.78, 5) is 11.8. The van der Waals surface area contributed by atoms with Crippen molar-refractivity contribution < 1.29 is 9.90 Å². The Morgan fingerprint density at radius 2 is 1.43 bits per heavy atom. The van der Waals surface area contributed by atoms with Gasteiger partial charge in [0.05, 0.1) is 0 Å². The Kier molecular flexibility index (Phi) is 9.34. The number of benzene rings is 1. The number of unbranched alkanes of at least 4 members (excludes halogenated alkanes) is 8. The number of carbonyl (C=O) groups excluding carboxylic acids is 1. The van der Waals surface area contributed by atoms with Gasteiger partial charge in [0, 0.05) is 12.1 Å². The maximum atomic E-state index is 11.8. The smallest absolute Gasteiger partial charge is 0.251 e. The lowest BCUT2D eigenvalue weighted by molar-refractivity contribution is 0.0953. The first kappa shape index (κ1) is 17.5. The zero-order chi connectivity index (χ0) is 15.3. The maximum Gasteiger partial charge on any atom is 0.251 e. The molecule has 0 unspecified atom stereocenters. The van der Waals surface area contributed by atoms with E-state index in [4.69, 9.17) is 0 Å². The third-order valence-corrected chi connectivity index (χ3v) is 3.70. The van der Waals surface area contributed by atoms with E-state index >= 15 is 0 Å². The van der Waals surface area contributed by atoms with Gasteiger partial charge in [-0.2, -0.15) is 0 Å². The summed E-state index contributed by atoms with van der Waals surface area (Å²) in [6.07, 6.45) is 11.6. The Bertz CT molecular complexity index is 387. The summed E-state index contributed by atoms with van der Waals surface area (Å²) >= 11 is 0. The van der Waals surface area contributed by atoms with Crippen molar-refractivity contribution >= 4 is 5.91 Å². The molecule has 0 aliphatic carbocycles. The molecule has 3 nitrogen and oxygen atoms in total. The molecular formula is C18H29NO2. The summed E-state index contributed by atoms with van der Waals surface area (Å²) in [5.74, 6) is 0.125. The third-order valence-electron chi connectivity index (χ3n) is 3.70. The van der Waals surface area contributed by atoms with Crippen LogP contribution in [0.3, 0.4) is 0 Å². The van der Waals surface area contributed by atoms with Crippen LogP contribution in [0.1, 0.15) is 75.1 Å². The number of phenolic OH excluding ortho intramolecular Hbond substituents is 1. The van der Waals surface area contributed by atoms with E-state index in [1.54, 1.807) is 12.1 Å². The second kappa shape index (κ2) is 11.2. The van der Waals surface area contributed by atoms with Crippen LogP contribution in [0, 0.1) is 0 Å². The van der Waals surface area contributed by atoms with E-state index in [9.17, 15) is 9.90 Å². The molecule has 1 aromatic rings. The molecule has 0 aliphatic heterocycles. The number of phenols is 1. The molecule has 0 spiro atoms. The van der Waals surface area contributed by atoms with Gasteiger partial charge in [0.25, 0.3) is 5.91 Å². The van der Waals surface area contributed by atoms with E-state index in [0.29, 0.717) is 5.56 Å². The van der Waals surface area contributed by atoms with Crippen LogP contribution in [0.4, 0.5) is 0 Å². The largest absolute Gasteiger partial charge is 0.508 e. The topological polar surface area (TPSA) is 49.3 Å². The number of rotatable bonds is 11. The Morgan fingerprint density at radius 3 is 2.00 bits per heavy atom. The number of hydrogen-bond donors (Lipinski definition) is 2. The van der Waals surface area contributed by atoms with Gasteiger partial charge >= 0.3 is 0 Å². The lowest BCUT2D eigenvalue weighted by Crippen LogP contribution is -2.24. The van der Waals surface area contributed by atoms with Crippen LogP contribution in [0.25, 0.3) is 0 Å². The minimum atomic E-state index is -0.0606. The molecule has 0 bridgehead atoms. The highest BCUT2D eigenvalue weighted by atomic mass is 16.3. The molecule has 118 valence electrons. The number of amides is 1. The average Bonchev–Trinajstić information content (AvgIpc) is 2.49.